The molecule has 1 aromatic heterocycles. The van der Waals surface area contributed by atoms with E-state index in [0.29, 0.717) is 27.0 Å². The fourth-order valence-corrected chi connectivity index (χ4v) is 3.04. The summed E-state index contributed by atoms with van der Waals surface area (Å²) < 4.78 is 7.19. The first-order valence-electron chi connectivity index (χ1n) is 7.59. The minimum atomic E-state index is -1.33. The zero-order valence-electron chi connectivity index (χ0n) is 13.1. The van der Waals surface area contributed by atoms with Gasteiger partial charge < -0.3 is 25.4 Å². The standard InChI is InChI=1S/C15H19Cl2N3O4/c1-6(2)18-15-19-9-3-7(16)8(17)4-10(9)20(15)14-13(23)12(22)11(21)5-24-14/h3-4,6,11-14,21-23H,5H2,1-2H3,(H,18,19)/t11-,12+,13+,14+/m1/s1. The highest BCUT2D eigenvalue weighted by molar-refractivity contribution is 6.42. The molecule has 0 unspecified atom stereocenters. The van der Waals surface area contributed by atoms with Crippen molar-refractivity contribution < 1.29 is 20.1 Å². The van der Waals surface area contributed by atoms with E-state index in [1.54, 1.807) is 16.7 Å². The Bertz CT molecular complexity index is 752. The molecule has 1 fully saturated rings. The van der Waals surface area contributed by atoms with Crippen LogP contribution in [-0.4, -0.2) is 55.8 Å². The summed E-state index contributed by atoms with van der Waals surface area (Å²) in [4.78, 5) is 4.48. The van der Waals surface area contributed by atoms with Crippen molar-refractivity contribution in [2.45, 2.75) is 44.4 Å². The highest BCUT2D eigenvalue weighted by Gasteiger charge is 2.40. The number of rotatable bonds is 3. The lowest BCUT2D eigenvalue weighted by atomic mass is 10.0. The lowest BCUT2D eigenvalue weighted by molar-refractivity contribution is -0.209. The predicted molar refractivity (Wildman–Crippen MR) is 91.5 cm³/mol. The zero-order valence-corrected chi connectivity index (χ0v) is 14.7. The van der Waals surface area contributed by atoms with Gasteiger partial charge in [0.2, 0.25) is 5.95 Å². The summed E-state index contributed by atoms with van der Waals surface area (Å²) in [6.45, 7) is 3.78. The summed E-state index contributed by atoms with van der Waals surface area (Å²) in [6.07, 6.45) is -4.72. The fourth-order valence-electron chi connectivity index (χ4n) is 2.73. The first kappa shape index (κ1) is 17.7. The summed E-state index contributed by atoms with van der Waals surface area (Å²) in [5.41, 5.74) is 1.17. The molecule has 1 aromatic carbocycles. The molecule has 3 rings (SSSR count). The molecular formula is C15H19Cl2N3O4. The van der Waals surface area contributed by atoms with Crippen LogP contribution in [0.4, 0.5) is 5.95 Å². The highest BCUT2D eigenvalue weighted by Crippen LogP contribution is 2.35. The average Bonchev–Trinajstić information content (AvgIpc) is 2.82. The third kappa shape index (κ3) is 3.08. The van der Waals surface area contributed by atoms with Crippen LogP contribution in [0.5, 0.6) is 0 Å². The van der Waals surface area contributed by atoms with Crippen molar-refractivity contribution in [3.63, 3.8) is 0 Å². The molecule has 1 saturated heterocycles. The Morgan fingerprint density at radius 2 is 1.88 bits per heavy atom. The Labute approximate surface area is 148 Å². The fraction of sp³-hybridized carbons (Fsp3) is 0.533. The van der Waals surface area contributed by atoms with E-state index in [2.05, 4.69) is 10.3 Å². The molecule has 0 radical (unpaired) electrons. The molecule has 0 bridgehead atoms. The average molecular weight is 376 g/mol. The molecule has 0 aliphatic carbocycles. The third-order valence-electron chi connectivity index (χ3n) is 3.88. The maximum Gasteiger partial charge on any atom is 0.206 e. The predicted octanol–water partition coefficient (Wildman–Crippen LogP) is 1.77. The van der Waals surface area contributed by atoms with Gasteiger partial charge in [-0.1, -0.05) is 23.2 Å². The molecule has 0 spiro atoms. The van der Waals surface area contributed by atoms with Gasteiger partial charge in [-0.05, 0) is 26.0 Å². The van der Waals surface area contributed by atoms with E-state index in [1.807, 2.05) is 13.8 Å². The van der Waals surface area contributed by atoms with Gasteiger partial charge in [0.25, 0.3) is 0 Å². The molecule has 0 amide bonds. The first-order valence-corrected chi connectivity index (χ1v) is 8.34. The summed E-state index contributed by atoms with van der Waals surface area (Å²) >= 11 is 12.2. The second kappa shape index (κ2) is 6.67. The Hall–Kier alpha value is -1.09. The number of imidazole rings is 1. The largest absolute Gasteiger partial charge is 0.388 e. The molecule has 2 aromatic rings. The maximum absolute atomic E-state index is 10.4. The SMILES string of the molecule is CC(C)Nc1nc2cc(Cl)c(Cl)cc2n1[C@H]1OC[C@@H](O)[C@H](O)[C@@H]1O. The van der Waals surface area contributed by atoms with E-state index < -0.39 is 24.5 Å². The van der Waals surface area contributed by atoms with Crippen LogP contribution < -0.4 is 5.32 Å². The first-order chi connectivity index (χ1) is 11.3. The lowest BCUT2D eigenvalue weighted by Crippen LogP contribution is -2.50. The summed E-state index contributed by atoms with van der Waals surface area (Å²) in [6, 6.07) is 3.33. The summed E-state index contributed by atoms with van der Waals surface area (Å²) in [5, 5.41) is 33.9. The number of aromatic nitrogens is 2. The Morgan fingerprint density at radius 1 is 1.21 bits per heavy atom. The van der Waals surface area contributed by atoms with E-state index in [-0.39, 0.29) is 12.6 Å². The van der Waals surface area contributed by atoms with Gasteiger partial charge in [-0.25, -0.2) is 4.98 Å². The van der Waals surface area contributed by atoms with Gasteiger partial charge in [0.05, 0.1) is 27.7 Å². The molecule has 9 heteroatoms. The molecule has 4 N–H and O–H groups in total. The van der Waals surface area contributed by atoms with Crippen LogP contribution in [-0.2, 0) is 4.74 Å². The topological polar surface area (TPSA) is 99.8 Å². The lowest BCUT2D eigenvalue weighted by Gasteiger charge is -2.36. The monoisotopic (exact) mass is 375 g/mol. The molecule has 1 aliphatic heterocycles. The van der Waals surface area contributed by atoms with E-state index in [9.17, 15) is 15.3 Å². The van der Waals surface area contributed by atoms with Gasteiger partial charge >= 0.3 is 0 Å². The minimum Gasteiger partial charge on any atom is -0.388 e. The van der Waals surface area contributed by atoms with Gasteiger partial charge in [-0.3, -0.25) is 4.57 Å². The van der Waals surface area contributed by atoms with Gasteiger partial charge in [-0.15, -0.1) is 0 Å². The van der Waals surface area contributed by atoms with Crippen molar-refractivity contribution in [3.8, 4) is 0 Å². The number of nitrogens with one attached hydrogen (secondary N) is 1. The van der Waals surface area contributed by atoms with Crippen molar-refractivity contribution >= 4 is 40.2 Å². The zero-order chi connectivity index (χ0) is 17.6. The van der Waals surface area contributed by atoms with Crippen LogP contribution in [0.15, 0.2) is 12.1 Å². The molecule has 2 heterocycles. The number of hydrogen-bond donors (Lipinski definition) is 4. The Kier molecular flexibility index (Phi) is 4.92. The van der Waals surface area contributed by atoms with Crippen LogP contribution >= 0.6 is 23.2 Å². The second-order valence-corrected chi connectivity index (χ2v) is 6.95. The van der Waals surface area contributed by atoms with Crippen molar-refractivity contribution in [2.24, 2.45) is 0 Å². The van der Waals surface area contributed by atoms with E-state index in [0.717, 1.165) is 0 Å². The molecule has 1 aliphatic rings. The quantitative estimate of drug-likeness (QED) is 0.652. The summed E-state index contributed by atoms with van der Waals surface area (Å²) in [5.74, 6) is 0.450. The van der Waals surface area contributed by atoms with Crippen LogP contribution in [0.25, 0.3) is 11.0 Å². The third-order valence-corrected chi connectivity index (χ3v) is 4.60. The number of aliphatic hydroxyl groups excluding tert-OH is 3. The van der Waals surface area contributed by atoms with Gasteiger partial charge in [0.15, 0.2) is 6.23 Å². The van der Waals surface area contributed by atoms with Crippen LogP contribution in [0.2, 0.25) is 10.0 Å². The Balaban J connectivity index is 2.15. The number of anilines is 1. The van der Waals surface area contributed by atoms with Crippen molar-refractivity contribution in [2.75, 3.05) is 11.9 Å². The molecule has 24 heavy (non-hydrogen) atoms. The number of aliphatic hydroxyl groups is 3. The van der Waals surface area contributed by atoms with Crippen molar-refractivity contribution in [1.29, 1.82) is 0 Å². The number of halogens is 2. The highest BCUT2D eigenvalue weighted by atomic mass is 35.5. The van der Waals surface area contributed by atoms with E-state index >= 15 is 0 Å². The number of benzene rings is 1. The normalized spacial score (nSPS) is 27.8. The number of ether oxygens (including phenoxy) is 1. The van der Waals surface area contributed by atoms with Crippen LogP contribution in [0.3, 0.4) is 0 Å². The number of nitrogens with zero attached hydrogens (tertiary/aromatic N) is 2. The molecule has 4 atom stereocenters. The van der Waals surface area contributed by atoms with E-state index in [1.165, 1.54) is 0 Å². The maximum atomic E-state index is 10.4. The van der Waals surface area contributed by atoms with Gasteiger partial charge in [-0.2, -0.15) is 0 Å². The molecule has 0 saturated carbocycles. The van der Waals surface area contributed by atoms with E-state index in [4.69, 9.17) is 27.9 Å². The van der Waals surface area contributed by atoms with Crippen molar-refractivity contribution in [1.82, 2.24) is 9.55 Å². The Morgan fingerprint density at radius 3 is 2.54 bits per heavy atom. The molecule has 132 valence electrons. The molecular weight excluding hydrogens is 357 g/mol. The van der Waals surface area contributed by atoms with Crippen molar-refractivity contribution in [3.05, 3.63) is 22.2 Å². The minimum absolute atomic E-state index is 0.0720. The van der Waals surface area contributed by atoms with Crippen LogP contribution in [0.1, 0.15) is 20.1 Å². The summed E-state index contributed by atoms with van der Waals surface area (Å²) in [7, 11) is 0. The second-order valence-electron chi connectivity index (χ2n) is 6.13. The number of hydrogen-bond acceptors (Lipinski definition) is 6. The van der Waals surface area contributed by atoms with Crippen LogP contribution in [0, 0.1) is 0 Å². The number of fused-ring (bicyclic) bond motifs is 1. The molecule has 7 nitrogen and oxygen atoms in total. The van der Waals surface area contributed by atoms with Gasteiger partial charge in [0.1, 0.15) is 18.3 Å². The smallest absolute Gasteiger partial charge is 0.206 e. The van der Waals surface area contributed by atoms with Gasteiger partial charge in [0, 0.05) is 6.04 Å².